The van der Waals surface area contributed by atoms with Crippen LogP contribution in [0.5, 0.6) is 5.75 Å². The lowest BCUT2D eigenvalue weighted by Crippen LogP contribution is -2.37. The van der Waals surface area contributed by atoms with E-state index in [1.807, 2.05) is 25.1 Å². The van der Waals surface area contributed by atoms with Gasteiger partial charge in [0.1, 0.15) is 11.6 Å². The molecule has 1 aromatic heterocycles. The zero-order valence-corrected chi connectivity index (χ0v) is 20.0. The Morgan fingerprint density at radius 2 is 2.12 bits per heavy atom. The number of rotatable bonds is 7. The molecular weight excluding hydrogens is 402 g/mol. The van der Waals surface area contributed by atoms with E-state index in [0.29, 0.717) is 35.0 Å². The van der Waals surface area contributed by atoms with Crippen LogP contribution in [0.15, 0.2) is 50.7 Å². The molecule has 1 aromatic carbocycles. The molecule has 0 saturated carbocycles. The summed E-state index contributed by atoms with van der Waals surface area (Å²) in [5.74, 6) is 2.22. The second-order valence-electron chi connectivity index (χ2n) is 8.71. The number of aromatic hydroxyl groups is 1. The van der Waals surface area contributed by atoms with Gasteiger partial charge in [-0.3, -0.25) is 0 Å². The van der Waals surface area contributed by atoms with Crippen molar-refractivity contribution in [2.45, 2.75) is 66.5 Å². The number of aryl methyl sites for hydroxylation is 1. The highest BCUT2D eigenvalue weighted by Crippen LogP contribution is 2.28. The molecule has 2 aromatic rings. The van der Waals surface area contributed by atoms with E-state index in [0.717, 1.165) is 42.9 Å². The molecule has 2 N–H and O–H groups in total. The molecule has 1 saturated heterocycles. The predicted octanol–water partition coefficient (Wildman–Crippen LogP) is 4.91. The number of hydrogen-bond acceptors (Lipinski definition) is 6. The van der Waals surface area contributed by atoms with E-state index >= 15 is 0 Å². The van der Waals surface area contributed by atoms with Gasteiger partial charge >= 0.3 is 0 Å². The van der Waals surface area contributed by atoms with Gasteiger partial charge in [0.15, 0.2) is 11.7 Å². The molecule has 32 heavy (non-hydrogen) atoms. The topological polar surface area (TPSA) is 86.3 Å². The molecule has 0 aliphatic carbocycles. The summed E-state index contributed by atoms with van der Waals surface area (Å²) in [6, 6.07) is 6.38. The summed E-state index contributed by atoms with van der Waals surface area (Å²) in [5.41, 5.74) is 3.20. The molecule has 2 heterocycles. The van der Waals surface area contributed by atoms with Gasteiger partial charge in [-0.2, -0.15) is 0 Å². The first kappa shape index (κ1) is 23.7. The normalized spacial score (nSPS) is 18.2. The third-order valence-corrected chi connectivity index (χ3v) is 5.64. The van der Waals surface area contributed by atoms with Crippen molar-refractivity contribution in [3.05, 3.63) is 47.5 Å². The fourth-order valence-electron chi connectivity index (χ4n) is 3.74. The molecule has 0 radical (unpaired) electrons. The standard InChI is InChI=1S/C25H35N5O2/c1-7-17(4)12-23(29-28-18(5)30-11-10-21(15-30)27-16(2)3)22-9-8-20(13-24(22)31)25-14-26-19(6)32-25/h8-9,12-14,16,21,27,31H,7,10-11,15H2,1-6H3/b17-12+,28-18+,29-23+. The number of benzene rings is 1. The van der Waals surface area contributed by atoms with Crippen LogP contribution in [0.4, 0.5) is 0 Å². The predicted molar refractivity (Wildman–Crippen MR) is 130 cm³/mol. The molecule has 0 bridgehead atoms. The Kier molecular flexibility index (Phi) is 7.85. The van der Waals surface area contributed by atoms with Crippen molar-refractivity contribution in [3.63, 3.8) is 0 Å². The summed E-state index contributed by atoms with van der Waals surface area (Å²) in [6.07, 6.45) is 5.63. The molecule has 0 spiro atoms. The molecule has 1 aliphatic rings. The van der Waals surface area contributed by atoms with Crippen molar-refractivity contribution in [3.8, 4) is 17.1 Å². The highest BCUT2D eigenvalue weighted by molar-refractivity contribution is 6.11. The summed E-state index contributed by atoms with van der Waals surface area (Å²) in [7, 11) is 0. The zero-order chi connectivity index (χ0) is 23.3. The average molecular weight is 438 g/mol. The van der Waals surface area contributed by atoms with Gasteiger partial charge in [-0.15, -0.1) is 10.2 Å². The monoisotopic (exact) mass is 437 g/mol. The fraction of sp³-hybridized carbons (Fsp3) is 0.480. The summed E-state index contributed by atoms with van der Waals surface area (Å²) in [5, 5.41) is 23.4. The Morgan fingerprint density at radius 1 is 1.34 bits per heavy atom. The SMILES string of the molecule is CC/C(C)=C/C(=N\N=C(/C)N1CCC(NC(C)C)C1)c1ccc(-c2cnc(C)o2)cc1O. The summed E-state index contributed by atoms with van der Waals surface area (Å²) in [4.78, 5) is 6.39. The van der Waals surface area contributed by atoms with E-state index in [9.17, 15) is 5.11 Å². The molecule has 172 valence electrons. The lowest BCUT2D eigenvalue weighted by molar-refractivity contribution is 0.448. The number of phenols is 1. The van der Waals surface area contributed by atoms with Crippen molar-refractivity contribution in [2.75, 3.05) is 13.1 Å². The maximum Gasteiger partial charge on any atom is 0.191 e. The largest absolute Gasteiger partial charge is 0.507 e. The Balaban J connectivity index is 1.87. The third-order valence-electron chi connectivity index (χ3n) is 5.64. The maximum atomic E-state index is 10.8. The van der Waals surface area contributed by atoms with E-state index in [1.165, 1.54) is 0 Å². The Morgan fingerprint density at radius 3 is 2.75 bits per heavy atom. The Labute approximate surface area is 191 Å². The van der Waals surface area contributed by atoms with Gasteiger partial charge in [0, 0.05) is 43.2 Å². The molecule has 1 atom stereocenters. The molecule has 1 fully saturated rings. The quantitative estimate of drug-likeness (QED) is 0.365. The van der Waals surface area contributed by atoms with Gasteiger partial charge in [-0.1, -0.05) is 32.4 Å². The number of phenolic OH excluding ortho intramolecular Hbond substituents is 1. The molecule has 7 heteroatoms. The number of nitrogens with one attached hydrogen (secondary N) is 1. The minimum atomic E-state index is 0.130. The second kappa shape index (κ2) is 10.6. The number of nitrogens with zero attached hydrogens (tertiary/aromatic N) is 4. The first-order chi connectivity index (χ1) is 15.3. The van der Waals surface area contributed by atoms with E-state index in [2.05, 4.69) is 53.1 Å². The van der Waals surface area contributed by atoms with Crippen molar-refractivity contribution >= 4 is 11.5 Å². The molecular formula is C25H35N5O2. The fourth-order valence-corrected chi connectivity index (χ4v) is 3.74. The van der Waals surface area contributed by atoms with Crippen LogP contribution in [0, 0.1) is 6.92 Å². The zero-order valence-electron chi connectivity index (χ0n) is 20.0. The summed E-state index contributed by atoms with van der Waals surface area (Å²) >= 11 is 0. The third kappa shape index (κ3) is 6.07. The first-order valence-electron chi connectivity index (χ1n) is 11.3. The molecule has 1 unspecified atom stereocenters. The van der Waals surface area contributed by atoms with Crippen LogP contribution in [0.25, 0.3) is 11.3 Å². The first-order valence-corrected chi connectivity index (χ1v) is 11.3. The summed E-state index contributed by atoms with van der Waals surface area (Å²) < 4.78 is 5.58. The van der Waals surface area contributed by atoms with Crippen LogP contribution in [-0.4, -0.2) is 51.7 Å². The minimum absolute atomic E-state index is 0.130. The molecule has 0 amide bonds. The van der Waals surface area contributed by atoms with Crippen molar-refractivity contribution in [2.24, 2.45) is 10.2 Å². The van der Waals surface area contributed by atoms with Gasteiger partial charge in [-0.25, -0.2) is 4.98 Å². The Bertz CT molecular complexity index is 1020. The highest BCUT2D eigenvalue weighted by Gasteiger charge is 2.23. The van der Waals surface area contributed by atoms with Gasteiger partial charge in [0.05, 0.1) is 11.9 Å². The smallest absolute Gasteiger partial charge is 0.191 e. The number of likely N-dealkylation sites (tertiary alicyclic amines) is 1. The van der Waals surface area contributed by atoms with Crippen LogP contribution >= 0.6 is 0 Å². The van der Waals surface area contributed by atoms with Crippen LogP contribution in [0.3, 0.4) is 0 Å². The van der Waals surface area contributed by atoms with Gasteiger partial charge < -0.3 is 19.7 Å². The molecule has 3 rings (SSSR count). The Hall–Kier alpha value is -2.93. The lowest BCUT2D eigenvalue weighted by Gasteiger charge is -2.19. The van der Waals surface area contributed by atoms with E-state index < -0.39 is 0 Å². The minimum Gasteiger partial charge on any atom is -0.507 e. The average Bonchev–Trinajstić information content (AvgIpc) is 3.39. The van der Waals surface area contributed by atoms with E-state index in [-0.39, 0.29) is 5.75 Å². The van der Waals surface area contributed by atoms with Gasteiger partial charge in [0.2, 0.25) is 0 Å². The van der Waals surface area contributed by atoms with Crippen molar-refractivity contribution in [1.29, 1.82) is 0 Å². The number of allylic oxidation sites excluding steroid dienone is 2. The van der Waals surface area contributed by atoms with Crippen LogP contribution in [-0.2, 0) is 0 Å². The number of hydrogen-bond donors (Lipinski definition) is 2. The van der Waals surface area contributed by atoms with E-state index in [4.69, 9.17) is 4.42 Å². The van der Waals surface area contributed by atoms with Crippen molar-refractivity contribution in [1.82, 2.24) is 15.2 Å². The highest BCUT2D eigenvalue weighted by atomic mass is 16.4. The summed E-state index contributed by atoms with van der Waals surface area (Å²) in [6.45, 7) is 14.2. The van der Waals surface area contributed by atoms with Crippen LogP contribution < -0.4 is 5.32 Å². The van der Waals surface area contributed by atoms with Gasteiger partial charge in [0.25, 0.3) is 0 Å². The number of aromatic nitrogens is 1. The van der Waals surface area contributed by atoms with E-state index in [1.54, 1.807) is 19.2 Å². The second-order valence-corrected chi connectivity index (χ2v) is 8.71. The van der Waals surface area contributed by atoms with Crippen LogP contribution in [0.1, 0.15) is 58.9 Å². The van der Waals surface area contributed by atoms with Crippen LogP contribution in [0.2, 0.25) is 0 Å². The number of oxazole rings is 1. The number of amidine groups is 1. The van der Waals surface area contributed by atoms with Crippen molar-refractivity contribution < 1.29 is 9.52 Å². The molecule has 1 aliphatic heterocycles. The maximum absolute atomic E-state index is 10.8. The molecule has 7 nitrogen and oxygen atoms in total. The lowest BCUT2D eigenvalue weighted by atomic mass is 10.0. The van der Waals surface area contributed by atoms with Gasteiger partial charge in [-0.05, 0) is 44.9 Å².